The summed E-state index contributed by atoms with van der Waals surface area (Å²) in [4.78, 5) is 0. The zero-order valence-corrected chi connectivity index (χ0v) is 15.8. The molecule has 4 rings (SSSR count). The van der Waals surface area contributed by atoms with Gasteiger partial charge in [0.25, 0.3) is 0 Å². The van der Waals surface area contributed by atoms with Crippen molar-refractivity contribution in [3.05, 3.63) is 58.4 Å². The second-order valence-electron chi connectivity index (χ2n) is 8.24. The van der Waals surface area contributed by atoms with E-state index in [0.29, 0.717) is 41.5 Å². The molecule has 0 aromatic heterocycles. The van der Waals surface area contributed by atoms with Crippen LogP contribution in [0, 0.1) is 40.9 Å². The van der Waals surface area contributed by atoms with Crippen molar-refractivity contribution in [3.8, 4) is 11.1 Å². The average Bonchev–Trinajstić information content (AvgIpc) is 2.66. The molecule has 2 aliphatic carbocycles. The van der Waals surface area contributed by atoms with Crippen LogP contribution in [0.5, 0.6) is 0 Å². The van der Waals surface area contributed by atoms with Crippen LogP contribution in [0.4, 0.5) is 22.0 Å². The molecule has 3 unspecified atom stereocenters. The highest BCUT2D eigenvalue weighted by molar-refractivity contribution is 5.67. The number of halogens is 5. The smallest absolute Gasteiger partial charge is 0.194 e. The van der Waals surface area contributed by atoms with Crippen LogP contribution in [0.15, 0.2) is 18.2 Å². The number of hydrogen-bond acceptors (Lipinski definition) is 0. The maximum Gasteiger partial charge on any atom is 0.194 e. The number of hydrogen-bond donors (Lipinski definition) is 0. The summed E-state index contributed by atoms with van der Waals surface area (Å²) in [6.45, 7) is 2.18. The van der Waals surface area contributed by atoms with Gasteiger partial charge >= 0.3 is 0 Å². The van der Waals surface area contributed by atoms with Gasteiger partial charge in [-0.2, -0.15) is 0 Å². The van der Waals surface area contributed by atoms with E-state index in [9.17, 15) is 17.6 Å². The van der Waals surface area contributed by atoms with E-state index >= 15 is 4.39 Å². The third-order valence-electron chi connectivity index (χ3n) is 6.58. The molecule has 28 heavy (non-hydrogen) atoms. The second-order valence-corrected chi connectivity index (χ2v) is 8.24. The van der Waals surface area contributed by atoms with Gasteiger partial charge in [-0.15, -0.1) is 0 Å². The van der Waals surface area contributed by atoms with Gasteiger partial charge in [0.1, 0.15) is 11.6 Å². The lowest BCUT2D eigenvalue weighted by Crippen LogP contribution is -2.29. The van der Waals surface area contributed by atoms with E-state index in [-0.39, 0.29) is 11.5 Å². The molecule has 0 N–H and O–H groups in total. The molecule has 2 aromatic rings. The molecular weight excluding hydrogens is 371 g/mol. The normalized spacial score (nSPS) is 24.0. The minimum atomic E-state index is -1.64. The highest BCUT2D eigenvalue weighted by Gasteiger charge is 2.37. The van der Waals surface area contributed by atoms with E-state index in [1.807, 2.05) is 0 Å². The summed E-state index contributed by atoms with van der Waals surface area (Å²) in [7, 11) is 0. The van der Waals surface area contributed by atoms with Crippen LogP contribution in [0.25, 0.3) is 11.1 Å². The molecule has 0 heterocycles. The van der Waals surface area contributed by atoms with Crippen molar-refractivity contribution >= 4 is 0 Å². The van der Waals surface area contributed by atoms with E-state index in [4.69, 9.17) is 0 Å². The van der Waals surface area contributed by atoms with E-state index in [1.165, 1.54) is 12.5 Å². The molecule has 0 spiro atoms. The molecule has 2 aliphatic rings. The fourth-order valence-electron chi connectivity index (χ4n) is 5.32. The number of fused-ring (bicyclic) bond motifs is 3. The highest BCUT2D eigenvalue weighted by Crippen LogP contribution is 2.49. The Labute approximate surface area is 161 Å². The molecule has 1 fully saturated rings. The van der Waals surface area contributed by atoms with Gasteiger partial charge in [0.2, 0.25) is 0 Å². The Kier molecular flexibility index (Phi) is 5.19. The molecule has 1 saturated carbocycles. The largest absolute Gasteiger partial charge is 0.206 e. The van der Waals surface area contributed by atoms with Gasteiger partial charge in [0.05, 0.1) is 5.56 Å². The molecule has 0 aliphatic heterocycles. The van der Waals surface area contributed by atoms with Gasteiger partial charge in [-0.1, -0.05) is 19.8 Å². The Morgan fingerprint density at radius 1 is 0.857 bits per heavy atom. The maximum absolute atomic E-state index is 15.2. The lowest BCUT2D eigenvalue weighted by Gasteiger charge is -2.41. The van der Waals surface area contributed by atoms with Crippen molar-refractivity contribution in [1.29, 1.82) is 0 Å². The Hall–Kier alpha value is -1.91. The Bertz CT molecular complexity index is 881. The first-order chi connectivity index (χ1) is 13.4. The predicted octanol–water partition coefficient (Wildman–Crippen LogP) is 7.30. The van der Waals surface area contributed by atoms with Gasteiger partial charge in [0.15, 0.2) is 17.5 Å². The molecule has 0 radical (unpaired) electrons. The molecule has 0 bridgehead atoms. The van der Waals surface area contributed by atoms with E-state index in [2.05, 4.69) is 6.92 Å². The van der Waals surface area contributed by atoms with Crippen LogP contribution in [0.2, 0.25) is 0 Å². The molecule has 0 amide bonds. The summed E-state index contributed by atoms with van der Waals surface area (Å²) >= 11 is 0. The van der Waals surface area contributed by atoms with Crippen LogP contribution >= 0.6 is 0 Å². The molecule has 2 aromatic carbocycles. The maximum atomic E-state index is 15.2. The van der Waals surface area contributed by atoms with Gasteiger partial charge in [-0.3, -0.25) is 0 Å². The summed E-state index contributed by atoms with van der Waals surface area (Å²) in [6.07, 6.45) is 6.74. The first kappa shape index (κ1) is 19.4. The third kappa shape index (κ3) is 3.23. The lowest BCUT2D eigenvalue weighted by molar-refractivity contribution is 0.199. The zero-order chi connectivity index (χ0) is 20.0. The quantitative estimate of drug-likeness (QED) is 0.379. The van der Waals surface area contributed by atoms with E-state index < -0.39 is 34.6 Å². The Morgan fingerprint density at radius 2 is 1.57 bits per heavy atom. The van der Waals surface area contributed by atoms with Crippen molar-refractivity contribution in [2.75, 3.05) is 0 Å². The van der Waals surface area contributed by atoms with Crippen LogP contribution in [0.1, 0.15) is 62.5 Å². The van der Waals surface area contributed by atoms with Crippen LogP contribution in [0.3, 0.4) is 0 Å². The topological polar surface area (TPSA) is 0 Å². The zero-order valence-electron chi connectivity index (χ0n) is 15.8. The predicted molar refractivity (Wildman–Crippen MR) is 98.5 cm³/mol. The van der Waals surface area contributed by atoms with Crippen molar-refractivity contribution in [2.45, 2.75) is 57.8 Å². The molecule has 0 saturated heterocycles. The van der Waals surface area contributed by atoms with Gasteiger partial charge in [-0.25, -0.2) is 22.0 Å². The summed E-state index contributed by atoms with van der Waals surface area (Å²) in [5, 5.41) is 0. The first-order valence-electron chi connectivity index (χ1n) is 10.1. The van der Waals surface area contributed by atoms with Crippen LogP contribution in [-0.2, 0) is 6.42 Å². The number of rotatable bonds is 3. The Balaban J connectivity index is 1.74. The van der Waals surface area contributed by atoms with Crippen molar-refractivity contribution in [3.63, 3.8) is 0 Å². The second kappa shape index (κ2) is 7.49. The minimum Gasteiger partial charge on any atom is -0.206 e. The first-order valence-corrected chi connectivity index (χ1v) is 10.1. The highest BCUT2D eigenvalue weighted by atomic mass is 19.2. The van der Waals surface area contributed by atoms with Gasteiger partial charge in [0, 0.05) is 0 Å². The fraction of sp³-hybridized carbons (Fsp3) is 0.478. The third-order valence-corrected chi connectivity index (χ3v) is 6.58. The van der Waals surface area contributed by atoms with E-state index in [0.717, 1.165) is 32.1 Å². The van der Waals surface area contributed by atoms with Gasteiger partial charge in [-0.05, 0) is 84.7 Å². The summed E-state index contributed by atoms with van der Waals surface area (Å²) in [5.41, 5.74) is 0.349. The van der Waals surface area contributed by atoms with E-state index in [1.54, 1.807) is 0 Å². The Morgan fingerprint density at radius 3 is 2.25 bits per heavy atom. The molecule has 0 nitrogen and oxygen atoms in total. The fourth-order valence-corrected chi connectivity index (χ4v) is 5.32. The molecule has 3 atom stereocenters. The van der Waals surface area contributed by atoms with Crippen LogP contribution in [-0.4, -0.2) is 0 Å². The summed E-state index contributed by atoms with van der Waals surface area (Å²) in [6, 6.07) is 2.63. The summed E-state index contributed by atoms with van der Waals surface area (Å²) < 4.78 is 70.5. The summed E-state index contributed by atoms with van der Waals surface area (Å²) in [5.74, 6) is -4.92. The minimum absolute atomic E-state index is 0.136. The van der Waals surface area contributed by atoms with Crippen LogP contribution < -0.4 is 0 Å². The van der Waals surface area contributed by atoms with Crippen molar-refractivity contribution in [1.82, 2.24) is 0 Å². The van der Waals surface area contributed by atoms with Crippen molar-refractivity contribution < 1.29 is 22.0 Å². The number of benzene rings is 2. The lowest BCUT2D eigenvalue weighted by atomic mass is 9.64. The molecular formula is C23H23F5. The molecule has 5 heteroatoms. The van der Waals surface area contributed by atoms with Crippen molar-refractivity contribution in [2.24, 2.45) is 11.8 Å². The molecule has 150 valence electrons. The standard InChI is InChI=1S/C23H23F5/c1-2-3-12-4-6-15-13(8-12)5-7-16-17(15)11-18(24)21(22(16)27)14-9-19(25)23(28)20(26)10-14/h9-13,15H,2-8H2,1H3. The monoisotopic (exact) mass is 394 g/mol. The average molecular weight is 394 g/mol. The van der Waals surface area contributed by atoms with Gasteiger partial charge < -0.3 is 0 Å². The SMILES string of the molecule is CCCC1CCC2c3cc(F)c(-c4cc(F)c(F)c(F)c4)c(F)c3CCC2C1.